The van der Waals surface area contributed by atoms with Crippen LogP contribution in [0.4, 0.5) is 8.78 Å². The van der Waals surface area contributed by atoms with Gasteiger partial charge in [-0.2, -0.15) is 0 Å². The molecule has 0 bridgehead atoms. The summed E-state index contributed by atoms with van der Waals surface area (Å²) in [6, 6.07) is 12.6. The van der Waals surface area contributed by atoms with E-state index in [0.29, 0.717) is 16.5 Å². The smallest absolute Gasteiger partial charge is 0.354 e. The minimum atomic E-state index is -1.13. The molecule has 0 aliphatic heterocycles. The fraction of sp³-hybridized carbons (Fsp3) is 0.167. The Bertz CT molecular complexity index is 1290. The lowest BCUT2D eigenvalue weighted by Crippen LogP contribution is -2.04. The molecule has 2 heterocycles. The molecule has 0 aliphatic rings. The van der Waals surface area contributed by atoms with Gasteiger partial charge < -0.3 is 9.67 Å². The predicted octanol–water partition coefficient (Wildman–Crippen LogP) is 6.10. The van der Waals surface area contributed by atoms with Crippen LogP contribution in [-0.2, 0) is 0 Å². The molecule has 4 nitrogen and oxygen atoms in total. The SMILES string of the molecule is Cc1cc(-n2c(C(C)C)c(-c3ccnc(C(=O)O)c3)c3cc(F)ccc32)ccc1F. The summed E-state index contributed by atoms with van der Waals surface area (Å²) in [4.78, 5) is 15.4. The van der Waals surface area contributed by atoms with Crippen molar-refractivity contribution in [3.63, 3.8) is 0 Å². The van der Waals surface area contributed by atoms with E-state index < -0.39 is 5.97 Å². The van der Waals surface area contributed by atoms with Crippen molar-refractivity contribution in [1.29, 1.82) is 0 Å². The van der Waals surface area contributed by atoms with Gasteiger partial charge in [0.25, 0.3) is 0 Å². The first-order chi connectivity index (χ1) is 14.3. The van der Waals surface area contributed by atoms with Crippen LogP contribution in [0, 0.1) is 18.6 Å². The number of hydrogen-bond donors (Lipinski definition) is 1. The maximum atomic E-state index is 14.2. The van der Waals surface area contributed by atoms with Gasteiger partial charge in [-0.1, -0.05) is 13.8 Å². The van der Waals surface area contributed by atoms with Crippen LogP contribution in [0.25, 0.3) is 27.7 Å². The first kappa shape index (κ1) is 19.8. The van der Waals surface area contributed by atoms with Gasteiger partial charge in [0, 0.05) is 28.5 Å². The Morgan fingerprint density at radius 2 is 1.83 bits per heavy atom. The van der Waals surface area contributed by atoms with Crippen molar-refractivity contribution in [3.8, 4) is 16.8 Å². The summed E-state index contributed by atoms with van der Waals surface area (Å²) in [5.74, 6) is -1.80. The molecular formula is C24H20F2N2O2. The van der Waals surface area contributed by atoms with E-state index in [1.54, 1.807) is 31.2 Å². The predicted molar refractivity (Wildman–Crippen MR) is 112 cm³/mol. The van der Waals surface area contributed by atoms with Gasteiger partial charge in [-0.3, -0.25) is 0 Å². The minimum Gasteiger partial charge on any atom is -0.477 e. The third-order valence-corrected chi connectivity index (χ3v) is 5.18. The zero-order valence-corrected chi connectivity index (χ0v) is 16.8. The van der Waals surface area contributed by atoms with E-state index in [9.17, 15) is 18.7 Å². The van der Waals surface area contributed by atoms with Crippen molar-refractivity contribution in [1.82, 2.24) is 9.55 Å². The van der Waals surface area contributed by atoms with Crippen LogP contribution >= 0.6 is 0 Å². The number of carboxylic acid groups (broad SMARTS) is 1. The third kappa shape index (κ3) is 3.24. The molecular weight excluding hydrogens is 386 g/mol. The zero-order valence-electron chi connectivity index (χ0n) is 16.8. The van der Waals surface area contributed by atoms with E-state index in [2.05, 4.69) is 4.98 Å². The average Bonchev–Trinajstić information content (AvgIpc) is 3.04. The van der Waals surface area contributed by atoms with Crippen molar-refractivity contribution in [2.45, 2.75) is 26.7 Å². The van der Waals surface area contributed by atoms with Crippen LogP contribution in [0.1, 0.15) is 41.5 Å². The summed E-state index contributed by atoms with van der Waals surface area (Å²) in [6.07, 6.45) is 1.44. The number of carbonyl (C=O) groups is 1. The highest BCUT2D eigenvalue weighted by molar-refractivity contribution is 6.00. The van der Waals surface area contributed by atoms with Gasteiger partial charge in [0.15, 0.2) is 0 Å². The lowest BCUT2D eigenvalue weighted by Gasteiger charge is -2.16. The topological polar surface area (TPSA) is 55.1 Å². The van der Waals surface area contributed by atoms with Gasteiger partial charge in [0.05, 0.1) is 5.52 Å². The largest absolute Gasteiger partial charge is 0.477 e. The van der Waals surface area contributed by atoms with E-state index in [-0.39, 0.29) is 23.2 Å². The third-order valence-electron chi connectivity index (χ3n) is 5.18. The number of fused-ring (bicyclic) bond motifs is 1. The Hall–Kier alpha value is -3.54. The molecule has 152 valence electrons. The van der Waals surface area contributed by atoms with Gasteiger partial charge in [0.1, 0.15) is 17.3 Å². The molecule has 0 unspecified atom stereocenters. The van der Waals surface area contributed by atoms with Crippen LogP contribution < -0.4 is 0 Å². The number of rotatable bonds is 4. The normalized spacial score (nSPS) is 11.4. The molecule has 2 aromatic carbocycles. The molecule has 6 heteroatoms. The number of halogens is 2. The van der Waals surface area contributed by atoms with Crippen molar-refractivity contribution in [2.24, 2.45) is 0 Å². The lowest BCUT2D eigenvalue weighted by molar-refractivity contribution is 0.0690. The molecule has 0 fully saturated rings. The van der Waals surface area contributed by atoms with Crippen LogP contribution in [-0.4, -0.2) is 20.6 Å². The lowest BCUT2D eigenvalue weighted by atomic mass is 9.97. The maximum absolute atomic E-state index is 14.2. The van der Waals surface area contributed by atoms with Crippen molar-refractivity contribution in [3.05, 3.63) is 83.3 Å². The first-order valence-electron chi connectivity index (χ1n) is 9.58. The number of aromatic carboxylic acids is 1. The second-order valence-electron chi connectivity index (χ2n) is 7.58. The minimum absolute atomic E-state index is 0.0160. The number of pyridine rings is 1. The molecule has 30 heavy (non-hydrogen) atoms. The monoisotopic (exact) mass is 406 g/mol. The Balaban J connectivity index is 2.14. The summed E-state index contributed by atoms with van der Waals surface area (Å²) in [7, 11) is 0. The second-order valence-corrected chi connectivity index (χ2v) is 7.58. The van der Waals surface area contributed by atoms with Gasteiger partial charge in [-0.15, -0.1) is 0 Å². The van der Waals surface area contributed by atoms with Crippen LogP contribution in [0.15, 0.2) is 54.7 Å². The fourth-order valence-electron chi connectivity index (χ4n) is 3.88. The fourth-order valence-corrected chi connectivity index (χ4v) is 3.88. The Kier molecular flexibility index (Phi) is 4.86. The Morgan fingerprint density at radius 3 is 2.50 bits per heavy atom. The Morgan fingerprint density at radius 1 is 1.07 bits per heavy atom. The highest BCUT2D eigenvalue weighted by atomic mass is 19.1. The number of aryl methyl sites for hydroxylation is 1. The standard InChI is InChI=1S/C24H20F2N2O2/c1-13(2)23-22(15-8-9-27-20(11-15)24(29)30)18-12-16(25)4-7-21(18)28(23)17-5-6-19(26)14(3)10-17/h4-13H,1-3H3,(H,29,30). The van der Waals surface area contributed by atoms with Gasteiger partial charge in [-0.25, -0.2) is 18.6 Å². The molecule has 0 aliphatic carbocycles. The molecule has 4 rings (SSSR count). The quantitative estimate of drug-likeness (QED) is 0.445. The molecule has 1 N–H and O–H groups in total. The second kappa shape index (κ2) is 7.37. The van der Waals surface area contributed by atoms with Crippen LogP contribution in [0.2, 0.25) is 0 Å². The maximum Gasteiger partial charge on any atom is 0.354 e. The summed E-state index contributed by atoms with van der Waals surface area (Å²) in [5, 5.41) is 10.0. The Labute approximate surface area is 172 Å². The summed E-state index contributed by atoms with van der Waals surface area (Å²) in [6.45, 7) is 5.72. The summed E-state index contributed by atoms with van der Waals surface area (Å²) < 4.78 is 30.1. The number of hydrogen-bond acceptors (Lipinski definition) is 2. The van der Waals surface area contributed by atoms with Crippen molar-refractivity contribution < 1.29 is 18.7 Å². The van der Waals surface area contributed by atoms with Crippen LogP contribution in [0.5, 0.6) is 0 Å². The number of aromatic nitrogens is 2. The first-order valence-corrected chi connectivity index (χ1v) is 9.58. The van der Waals surface area contributed by atoms with E-state index in [0.717, 1.165) is 22.5 Å². The van der Waals surface area contributed by atoms with Crippen LogP contribution in [0.3, 0.4) is 0 Å². The molecule has 0 amide bonds. The molecule has 0 atom stereocenters. The summed E-state index contributed by atoms with van der Waals surface area (Å²) >= 11 is 0. The molecule has 0 saturated heterocycles. The summed E-state index contributed by atoms with van der Waals surface area (Å²) in [5.41, 5.74) is 4.19. The van der Waals surface area contributed by atoms with Gasteiger partial charge >= 0.3 is 5.97 Å². The number of benzene rings is 2. The molecule has 0 radical (unpaired) electrons. The average molecular weight is 406 g/mol. The molecule has 4 aromatic rings. The number of carboxylic acids is 1. The van der Waals surface area contributed by atoms with E-state index >= 15 is 0 Å². The highest BCUT2D eigenvalue weighted by Crippen LogP contribution is 2.41. The van der Waals surface area contributed by atoms with E-state index in [1.165, 1.54) is 30.5 Å². The number of nitrogens with zero attached hydrogens (tertiary/aromatic N) is 2. The highest BCUT2D eigenvalue weighted by Gasteiger charge is 2.23. The van der Waals surface area contributed by atoms with Gasteiger partial charge in [-0.05, 0) is 72.5 Å². The molecule has 2 aromatic heterocycles. The molecule has 0 saturated carbocycles. The van der Waals surface area contributed by atoms with Crippen molar-refractivity contribution >= 4 is 16.9 Å². The van der Waals surface area contributed by atoms with Crippen molar-refractivity contribution in [2.75, 3.05) is 0 Å². The molecule has 0 spiro atoms. The van der Waals surface area contributed by atoms with Gasteiger partial charge in [0.2, 0.25) is 0 Å². The van der Waals surface area contributed by atoms with E-state index in [4.69, 9.17) is 0 Å². The zero-order chi connectivity index (χ0) is 21.6. The van der Waals surface area contributed by atoms with E-state index in [1.807, 2.05) is 18.4 Å².